The van der Waals surface area contributed by atoms with E-state index in [0.717, 1.165) is 11.1 Å². The molecule has 0 aromatic heterocycles. The zero-order valence-electron chi connectivity index (χ0n) is 14.4. The van der Waals surface area contributed by atoms with Crippen LogP contribution >= 0.6 is 0 Å². The third kappa shape index (κ3) is 4.39. The van der Waals surface area contributed by atoms with Crippen LogP contribution in [0.25, 0.3) is 11.1 Å². The zero-order valence-corrected chi connectivity index (χ0v) is 14.4. The van der Waals surface area contributed by atoms with Gasteiger partial charge in [-0.2, -0.15) is 5.26 Å². The molecule has 5 heteroatoms. The zero-order chi connectivity index (χ0) is 19.1. The van der Waals surface area contributed by atoms with Crippen molar-refractivity contribution < 1.29 is 14.3 Å². The molecule has 0 aliphatic heterocycles. The molecule has 1 amide bonds. The number of esters is 1. The molecule has 0 unspecified atom stereocenters. The highest BCUT2D eigenvalue weighted by atomic mass is 16.5. The predicted octanol–water partition coefficient (Wildman–Crippen LogP) is 4.02. The van der Waals surface area contributed by atoms with Gasteiger partial charge < -0.3 is 10.1 Å². The Kier molecular flexibility index (Phi) is 5.60. The van der Waals surface area contributed by atoms with Crippen LogP contribution in [0.4, 0.5) is 5.69 Å². The molecule has 0 fully saturated rings. The average Bonchev–Trinajstić information content (AvgIpc) is 2.73. The summed E-state index contributed by atoms with van der Waals surface area (Å²) in [5.74, 6) is -1.10. The summed E-state index contributed by atoms with van der Waals surface area (Å²) in [6.45, 7) is -0.443. The Labute approximate surface area is 156 Å². The van der Waals surface area contributed by atoms with Crippen molar-refractivity contribution in [3.05, 3.63) is 90.0 Å². The number of amides is 1. The number of anilines is 1. The van der Waals surface area contributed by atoms with Gasteiger partial charge in [0.05, 0.1) is 16.8 Å². The van der Waals surface area contributed by atoms with Gasteiger partial charge in [0, 0.05) is 0 Å². The fraction of sp³-hybridized carbons (Fsp3) is 0.0455. The van der Waals surface area contributed by atoms with Crippen LogP contribution in [0.2, 0.25) is 0 Å². The molecular weight excluding hydrogens is 340 g/mol. The summed E-state index contributed by atoms with van der Waals surface area (Å²) in [5.41, 5.74) is 2.72. The van der Waals surface area contributed by atoms with Gasteiger partial charge in [0.2, 0.25) is 0 Å². The first-order chi connectivity index (χ1) is 13.2. The van der Waals surface area contributed by atoms with Crippen LogP contribution in [0.15, 0.2) is 78.9 Å². The molecule has 1 N–H and O–H groups in total. The average molecular weight is 356 g/mol. The number of ether oxygens (including phenoxy) is 1. The van der Waals surface area contributed by atoms with E-state index in [-0.39, 0.29) is 0 Å². The number of hydrogen-bond acceptors (Lipinski definition) is 4. The minimum absolute atomic E-state index is 0.339. The van der Waals surface area contributed by atoms with Crippen molar-refractivity contribution in [2.45, 2.75) is 0 Å². The Morgan fingerprint density at radius 3 is 2.33 bits per heavy atom. The molecule has 0 atom stereocenters. The molecule has 0 bridgehead atoms. The molecule has 27 heavy (non-hydrogen) atoms. The maximum absolute atomic E-state index is 12.5. The molecule has 0 aliphatic rings. The van der Waals surface area contributed by atoms with E-state index < -0.39 is 18.5 Å². The maximum Gasteiger partial charge on any atom is 0.339 e. The molecule has 0 radical (unpaired) electrons. The predicted molar refractivity (Wildman–Crippen MR) is 102 cm³/mol. The number of carbonyl (C=O) groups excluding carboxylic acids is 2. The molecule has 0 aliphatic carbocycles. The van der Waals surface area contributed by atoms with E-state index in [1.165, 1.54) is 0 Å². The van der Waals surface area contributed by atoms with Crippen molar-refractivity contribution >= 4 is 17.6 Å². The highest BCUT2D eigenvalue weighted by Gasteiger charge is 2.15. The lowest BCUT2D eigenvalue weighted by molar-refractivity contribution is -0.119. The smallest absolute Gasteiger partial charge is 0.339 e. The minimum Gasteiger partial charge on any atom is -0.452 e. The molecule has 0 saturated heterocycles. The van der Waals surface area contributed by atoms with Gasteiger partial charge in [-0.05, 0) is 29.3 Å². The molecule has 0 spiro atoms. The first kappa shape index (κ1) is 17.9. The minimum atomic E-state index is -0.585. The van der Waals surface area contributed by atoms with E-state index in [1.807, 2.05) is 48.5 Å². The van der Waals surface area contributed by atoms with Gasteiger partial charge in [-0.3, -0.25) is 4.79 Å². The van der Waals surface area contributed by atoms with E-state index in [4.69, 9.17) is 10.00 Å². The second-order valence-electron chi connectivity index (χ2n) is 5.69. The van der Waals surface area contributed by atoms with Crippen LogP contribution in [0.5, 0.6) is 0 Å². The molecule has 0 saturated carbocycles. The van der Waals surface area contributed by atoms with E-state index in [1.54, 1.807) is 36.4 Å². The standard InChI is InChI=1S/C22H16N2O3/c23-14-17-10-4-7-13-20(17)24-21(25)15-27-22(26)19-12-6-5-11-18(19)16-8-2-1-3-9-16/h1-13H,15H2,(H,24,25). The summed E-state index contributed by atoms with van der Waals surface area (Å²) < 4.78 is 5.16. The van der Waals surface area contributed by atoms with Gasteiger partial charge in [0.1, 0.15) is 6.07 Å². The van der Waals surface area contributed by atoms with Crippen LogP contribution in [-0.4, -0.2) is 18.5 Å². The molecule has 0 heterocycles. The number of carbonyl (C=O) groups is 2. The second kappa shape index (κ2) is 8.45. The van der Waals surface area contributed by atoms with Crippen LogP contribution in [0, 0.1) is 11.3 Å². The van der Waals surface area contributed by atoms with E-state index in [9.17, 15) is 9.59 Å². The van der Waals surface area contributed by atoms with Crippen LogP contribution < -0.4 is 5.32 Å². The lowest BCUT2D eigenvalue weighted by Gasteiger charge is -2.10. The highest BCUT2D eigenvalue weighted by Crippen LogP contribution is 2.24. The fourth-order valence-corrected chi connectivity index (χ4v) is 2.62. The third-order valence-electron chi connectivity index (χ3n) is 3.89. The number of para-hydroxylation sites is 1. The number of hydrogen-bond donors (Lipinski definition) is 1. The van der Waals surface area contributed by atoms with E-state index >= 15 is 0 Å². The topological polar surface area (TPSA) is 79.2 Å². The lowest BCUT2D eigenvalue weighted by Crippen LogP contribution is -2.21. The first-order valence-electron chi connectivity index (χ1n) is 8.29. The molecule has 3 aromatic carbocycles. The van der Waals surface area contributed by atoms with Gasteiger partial charge in [-0.15, -0.1) is 0 Å². The van der Waals surface area contributed by atoms with Crippen LogP contribution in [0.1, 0.15) is 15.9 Å². The molecule has 5 nitrogen and oxygen atoms in total. The maximum atomic E-state index is 12.5. The SMILES string of the molecule is N#Cc1ccccc1NC(=O)COC(=O)c1ccccc1-c1ccccc1. The number of nitrogens with zero attached hydrogens (tertiary/aromatic N) is 1. The van der Waals surface area contributed by atoms with Gasteiger partial charge in [0.25, 0.3) is 5.91 Å². The normalized spacial score (nSPS) is 9.89. The van der Waals surface area contributed by atoms with Crippen LogP contribution in [0.3, 0.4) is 0 Å². The van der Waals surface area contributed by atoms with Crippen molar-refractivity contribution in [1.82, 2.24) is 0 Å². The van der Waals surface area contributed by atoms with Crippen molar-refractivity contribution in [2.75, 3.05) is 11.9 Å². The van der Waals surface area contributed by atoms with Gasteiger partial charge in [-0.1, -0.05) is 60.7 Å². The lowest BCUT2D eigenvalue weighted by atomic mass is 10.00. The number of nitriles is 1. The Bertz CT molecular complexity index is 1010. The van der Waals surface area contributed by atoms with Crippen LogP contribution in [-0.2, 0) is 9.53 Å². The summed E-state index contributed by atoms with van der Waals surface area (Å²) in [6, 6.07) is 25.2. The fourth-order valence-electron chi connectivity index (χ4n) is 2.62. The quantitative estimate of drug-likeness (QED) is 0.700. The summed E-state index contributed by atoms with van der Waals surface area (Å²) in [6.07, 6.45) is 0. The summed E-state index contributed by atoms with van der Waals surface area (Å²) in [5, 5.41) is 11.6. The Hall–Kier alpha value is -3.91. The van der Waals surface area contributed by atoms with Gasteiger partial charge in [-0.25, -0.2) is 4.79 Å². The number of rotatable bonds is 5. The van der Waals surface area contributed by atoms with Gasteiger partial charge in [0.15, 0.2) is 6.61 Å². The number of benzene rings is 3. The largest absolute Gasteiger partial charge is 0.452 e. The second-order valence-corrected chi connectivity index (χ2v) is 5.69. The summed E-state index contributed by atoms with van der Waals surface area (Å²) in [4.78, 5) is 24.5. The summed E-state index contributed by atoms with van der Waals surface area (Å²) in [7, 11) is 0. The monoisotopic (exact) mass is 356 g/mol. The van der Waals surface area contributed by atoms with E-state index in [0.29, 0.717) is 16.8 Å². The van der Waals surface area contributed by atoms with Crippen molar-refractivity contribution in [2.24, 2.45) is 0 Å². The Balaban J connectivity index is 1.68. The third-order valence-corrected chi connectivity index (χ3v) is 3.89. The van der Waals surface area contributed by atoms with Crippen molar-refractivity contribution in [1.29, 1.82) is 5.26 Å². The highest BCUT2D eigenvalue weighted by molar-refractivity contribution is 5.99. The van der Waals surface area contributed by atoms with Crippen molar-refractivity contribution in [3.8, 4) is 17.2 Å². The molecule has 3 aromatic rings. The Morgan fingerprint density at radius 2 is 1.56 bits per heavy atom. The molecular formula is C22H16N2O3. The van der Waals surface area contributed by atoms with E-state index in [2.05, 4.69) is 5.32 Å². The first-order valence-corrected chi connectivity index (χ1v) is 8.29. The molecule has 132 valence electrons. The van der Waals surface area contributed by atoms with Crippen molar-refractivity contribution in [3.63, 3.8) is 0 Å². The summed E-state index contributed by atoms with van der Waals surface area (Å²) >= 11 is 0. The number of nitrogens with one attached hydrogen (secondary N) is 1. The van der Waals surface area contributed by atoms with Gasteiger partial charge >= 0.3 is 5.97 Å². The molecule has 3 rings (SSSR count). The Morgan fingerprint density at radius 1 is 0.889 bits per heavy atom.